The molecule has 1 aromatic heterocycles. The molecule has 0 aliphatic heterocycles. The molecule has 0 aliphatic carbocycles. The molecule has 1 amide bonds. The summed E-state index contributed by atoms with van der Waals surface area (Å²) >= 11 is 0. The minimum absolute atomic E-state index is 0.0110. The summed E-state index contributed by atoms with van der Waals surface area (Å²) < 4.78 is 1.90. The molecule has 7 aromatic rings. The SMILES string of the molecule is N=C(N)c1cccc(Cn2c(C(=O)NCc3ccc4ccc5cccc6ccc3c4c56)cc3c(O)cccc32)c1. The Balaban J connectivity index is 1.26. The molecule has 6 aromatic carbocycles. The number of phenols is 1. The molecule has 0 aliphatic rings. The molecule has 6 heteroatoms. The van der Waals surface area contributed by atoms with E-state index >= 15 is 0 Å². The van der Waals surface area contributed by atoms with Crippen LogP contribution >= 0.6 is 0 Å². The molecule has 0 atom stereocenters. The second-order valence-corrected chi connectivity index (χ2v) is 10.2. The van der Waals surface area contributed by atoms with Crippen molar-refractivity contribution in [3.05, 3.63) is 126 Å². The number of amidine groups is 1. The van der Waals surface area contributed by atoms with Gasteiger partial charge < -0.3 is 20.7 Å². The van der Waals surface area contributed by atoms with E-state index in [4.69, 9.17) is 11.1 Å². The highest BCUT2D eigenvalue weighted by molar-refractivity contribution is 6.23. The summed E-state index contributed by atoms with van der Waals surface area (Å²) in [7, 11) is 0. The summed E-state index contributed by atoms with van der Waals surface area (Å²) in [6, 6.07) is 33.6. The van der Waals surface area contributed by atoms with Gasteiger partial charge in [0.2, 0.25) is 0 Å². The van der Waals surface area contributed by atoms with Crippen molar-refractivity contribution in [3.63, 3.8) is 0 Å². The van der Waals surface area contributed by atoms with Gasteiger partial charge in [0, 0.05) is 24.0 Å². The van der Waals surface area contributed by atoms with Gasteiger partial charge >= 0.3 is 0 Å². The van der Waals surface area contributed by atoms with Crippen molar-refractivity contribution in [1.29, 1.82) is 5.41 Å². The van der Waals surface area contributed by atoms with E-state index in [-0.39, 0.29) is 17.5 Å². The summed E-state index contributed by atoms with van der Waals surface area (Å²) in [6.07, 6.45) is 0. The predicted molar refractivity (Wildman–Crippen MR) is 161 cm³/mol. The van der Waals surface area contributed by atoms with Crippen molar-refractivity contribution >= 4 is 55.0 Å². The number of nitrogen functional groups attached to an aromatic ring is 1. The van der Waals surface area contributed by atoms with Crippen LogP contribution in [0.1, 0.15) is 27.2 Å². The van der Waals surface area contributed by atoms with Crippen molar-refractivity contribution in [1.82, 2.24) is 9.88 Å². The average molecular weight is 523 g/mol. The van der Waals surface area contributed by atoms with Crippen molar-refractivity contribution in [2.45, 2.75) is 13.1 Å². The molecule has 6 nitrogen and oxygen atoms in total. The first-order chi connectivity index (χ1) is 19.5. The second kappa shape index (κ2) is 9.13. The van der Waals surface area contributed by atoms with Gasteiger partial charge in [0.15, 0.2) is 0 Å². The van der Waals surface area contributed by atoms with Crippen LogP contribution in [0.3, 0.4) is 0 Å². The van der Waals surface area contributed by atoms with Gasteiger partial charge in [-0.1, -0.05) is 78.9 Å². The van der Waals surface area contributed by atoms with Crippen molar-refractivity contribution < 1.29 is 9.90 Å². The first kappa shape index (κ1) is 23.7. The predicted octanol–water partition coefficient (Wildman–Crippen LogP) is 6.51. The number of nitrogens with zero attached hydrogens (tertiary/aromatic N) is 1. The second-order valence-electron chi connectivity index (χ2n) is 10.2. The Morgan fingerprint density at radius 3 is 2.30 bits per heavy atom. The third-order valence-electron chi connectivity index (χ3n) is 7.79. The summed E-state index contributed by atoms with van der Waals surface area (Å²) in [5, 5.41) is 29.2. The van der Waals surface area contributed by atoms with Crippen LogP contribution in [0, 0.1) is 5.41 Å². The van der Waals surface area contributed by atoms with Crippen LogP contribution in [0.25, 0.3) is 43.2 Å². The van der Waals surface area contributed by atoms with Gasteiger partial charge in [-0.15, -0.1) is 0 Å². The number of benzene rings is 6. The van der Waals surface area contributed by atoms with Gasteiger partial charge in [0.05, 0.1) is 5.52 Å². The van der Waals surface area contributed by atoms with Crippen LogP contribution in [-0.4, -0.2) is 21.4 Å². The van der Waals surface area contributed by atoms with Gasteiger partial charge in [-0.2, -0.15) is 0 Å². The molecule has 0 saturated carbocycles. The fourth-order valence-corrected chi connectivity index (χ4v) is 5.86. The monoisotopic (exact) mass is 522 g/mol. The Hall–Kier alpha value is -5.36. The molecule has 0 radical (unpaired) electrons. The lowest BCUT2D eigenvalue weighted by Gasteiger charge is -2.15. The van der Waals surface area contributed by atoms with Crippen LogP contribution in [0.15, 0.2) is 103 Å². The molecule has 40 heavy (non-hydrogen) atoms. The Morgan fingerprint density at radius 1 is 0.800 bits per heavy atom. The number of hydrogen-bond acceptors (Lipinski definition) is 3. The number of carbonyl (C=O) groups is 1. The lowest BCUT2D eigenvalue weighted by Crippen LogP contribution is -2.25. The van der Waals surface area contributed by atoms with Gasteiger partial charge in [0.1, 0.15) is 17.3 Å². The number of rotatable bonds is 6. The first-order valence-corrected chi connectivity index (χ1v) is 13.2. The lowest BCUT2D eigenvalue weighted by molar-refractivity contribution is 0.0942. The van der Waals surface area contributed by atoms with E-state index in [1.807, 2.05) is 28.8 Å². The average Bonchev–Trinajstić information content (AvgIpc) is 3.34. The number of nitrogens with two attached hydrogens (primary N) is 1. The smallest absolute Gasteiger partial charge is 0.268 e. The van der Waals surface area contributed by atoms with E-state index in [1.165, 1.54) is 26.9 Å². The Bertz CT molecular complexity index is 2090. The van der Waals surface area contributed by atoms with Crippen molar-refractivity contribution in [2.24, 2.45) is 5.73 Å². The maximum Gasteiger partial charge on any atom is 0.268 e. The molecule has 0 saturated heterocycles. The fourth-order valence-electron chi connectivity index (χ4n) is 5.86. The van der Waals surface area contributed by atoms with E-state index in [2.05, 4.69) is 59.9 Å². The summed E-state index contributed by atoms with van der Waals surface area (Å²) in [4.78, 5) is 13.7. The van der Waals surface area contributed by atoms with Gasteiger partial charge in [-0.3, -0.25) is 10.2 Å². The zero-order valence-electron chi connectivity index (χ0n) is 21.6. The van der Waals surface area contributed by atoms with Crippen LogP contribution in [-0.2, 0) is 13.1 Å². The number of amides is 1. The van der Waals surface area contributed by atoms with Gasteiger partial charge in [-0.25, -0.2) is 0 Å². The van der Waals surface area contributed by atoms with Crippen LogP contribution in [0.2, 0.25) is 0 Å². The summed E-state index contributed by atoms with van der Waals surface area (Å²) in [5.74, 6) is -0.123. The molecular weight excluding hydrogens is 496 g/mol. The molecule has 1 heterocycles. The highest BCUT2D eigenvalue weighted by Gasteiger charge is 2.19. The van der Waals surface area contributed by atoms with E-state index in [0.29, 0.717) is 29.7 Å². The highest BCUT2D eigenvalue weighted by atomic mass is 16.3. The number of phenolic OH excluding ortho intramolecular Hbond substituents is 1. The quantitative estimate of drug-likeness (QED) is 0.114. The first-order valence-electron chi connectivity index (χ1n) is 13.2. The third-order valence-corrected chi connectivity index (χ3v) is 7.79. The number of fused-ring (bicyclic) bond motifs is 1. The van der Waals surface area contributed by atoms with E-state index in [9.17, 15) is 9.90 Å². The topological polar surface area (TPSA) is 104 Å². The fraction of sp³-hybridized carbons (Fsp3) is 0.0588. The van der Waals surface area contributed by atoms with Crippen LogP contribution in [0.5, 0.6) is 5.75 Å². The van der Waals surface area contributed by atoms with E-state index < -0.39 is 0 Å². The number of carbonyl (C=O) groups excluding carboxylic acids is 1. The number of nitrogens with one attached hydrogen (secondary N) is 2. The summed E-state index contributed by atoms with van der Waals surface area (Å²) in [5.41, 5.74) is 9.46. The normalized spacial score (nSPS) is 11.6. The molecule has 7 rings (SSSR count). The Morgan fingerprint density at radius 2 is 1.50 bits per heavy atom. The number of aromatic hydroxyl groups is 1. The molecule has 194 valence electrons. The molecule has 0 fully saturated rings. The molecule has 0 bridgehead atoms. The summed E-state index contributed by atoms with van der Waals surface area (Å²) in [6.45, 7) is 0.746. The maximum absolute atomic E-state index is 13.7. The molecule has 0 unspecified atom stereocenters. The van der Waals surface area contributed by atoms with Gasteiger partial charge in [0.25, 0.3) is 5.91 Å². The van der Waals surface area contributed by atoms with Crippen LogP contribution < -0.4 is 11.1 Å². The van der Waals surface area contributed by atoms with E-state index in [1.54, 1.807) is 24.3 Å². The Labute approximate surface area is 230 Å². The molecular formula is C34H26N4O2. The van der Waals surface area contributed by atoms with Crippen molar-refractivity contribution in [3.8, 4) is 5.75 Å². The van der Waals surface area contributed by atoms with Crippen molar-refractivity contribution in [2.75, 3.05) is 0 Å². The zero-order chi connectivity index (χ0) is 27.4. The standard InChI is InChI=1S/C34H26N4O2/c35-33(36)24-7-1-4-20(16-24)19-38-28-8-3-9-30(39)27(28)17-29(38)34(40)37-18-25-13-12-23-11-10-21-5-2-6-22-14-15-26(25)32(23)31(21)22/h1-17,39H,18-19H2,(H3,35,36)(H,37,40). The number of hydrogen-bond donors (Lipinski definition) is 4. The third kappa shape index (κ3) is 3.81. The van der Waals surface area contributed by atoms with Crippen LogP contribution in [0.4, 0.5) is 0 Å². The largest absolute Gasteiger partial charge is 0.507 e. The minimum Gasteiger partial charge on any atom is -0.507 e. The molecule has 5 N–H and O–H groups in total. The highest BCUT2D eigenvalue weighted by Crippen LogP contribution is 2.36. The molecule has 0 spiro atoms. The maximum atomic E-state index is 13.7. The van der Waals surface area contributed by atoms with E-state index in [0.717, 1.165) is 22.0 Å². The lowest BCUT2D eigenvalue weighted by atomic mass is 9.92. The Kier molecular flexibility index (Phi) is 5.42. The number of aromatic nitrogens is 1. The van der Waals surface area contributed by atoms with Gasteiger partial charge in [-0.05, 0) is 67.7 Å². The zero-order valence-corrected chi connectivity index (χ0v) is 21.6. The minimum atomic E-state index is -0.232.